The molecule has 1 aliphatic rings. The van der Waals surface area contributed by atoms with E-state index in [1.165, 1.54) is 5.56 Å². The third kappa shape index (κ3) is 4.23. The first-order chi connectivity index (χ1) is 16.5. The molecule has 5 nitrogen and oxygen atoms in total. The van der Waals surface area contributed by atoms with Gasteiger partial charge in [0.2, 0.25) is 0 Å². The Hall–Kier alpha value is -2.83. The maximum atomic E-state index is 13.1. The summed E-state index contributed by atoms with van der Waals surface area (Å²) in [6.45, 7) is 14.6. The van der Waals surface area contributed by atoms with E-state index in [-0.39, 0.29) is 5.78 Å². The van der Waals surface area contributed by atoms with Gasteiger partial charge in [-0.3, -0.25) is 9.78 Å². The van der Waals surface area contributed by atoms with Gasteiger partial charge in [-0.05, 0) is 70.0 Å². The Morgan fingerprint density at radius 3 is 2.66 bits per heavy atom. The van der Waals surface area contributed by atoms with Gasteiger partial charge in [-0.1, -0.05) is 13.8 Å². The second-order valence-electron chi connectivity index (χ2n) is 10.7. The number of aromatic nitrogens is 2. The second-order valence-corrected chi connectivity index (χ2v) is 11.7. The minimum atomic E-state index is -0.693. The molecule has 4 aromatic rings. The number of carbonyl (C=O) groups excluding carboxylic acids is 1. The van der Waals surface area contributed by atoms with Gasteiger partial charge in [0.1, 0.15) is 11.9 Å². The molecule has 0 fully saturated rings. The van der Waals surface area contributed by atoms with Gasteiger partial charge >= 0.3 is 0 Å². The average molecular weight is 489 g/mol. The number of benzene rings is 2. The molecule has 6 heteroatoms. The van der Waals surface area contributed by atoms with E-state index in [4.69, 9.17) is 19.4 Å². The number of thiazole rings is 1. The molecule has 0 amide bonds. The van der Waals surface area contributed by atoms with E-state index in [1.54, 1.807) is 18.3 Å². The van der Waals surface area contributed by atoms with Crippen molar-refractivity contribution in [3.05, 3.63) is 52.2 Å². The lowest BCUT2D eigenvalue weighted by molar-refractivity contribution is -0.138. The van der Waals surface area contributed by atoms with E-state index < -0.39 is 11.7 Å². The molecule has 0 bridgehead atoms. The van der Waals surface area contributed by atoms with Crippen LogP contribution in [0, 0.1) is 6.92 Å². The largest absolute Gasteiger partial charge is 0.493 e. The quantitative estimate of drug-likeness (QED) is 0.294. The van der Waals surface area contributed by atoms with Gasteiger partial charge in [-0.15, -0.1) is 11.3 Å². The van der Waals surface area contributed by atoms with Crippen LogP contribution >= 0.6 is 11.3 Å². The molecule has 2 aromatic carbocycles. The van der Waals surface area contributed by atoms with Gasteiger partial charge in [0.25, 0.3) is 0 Å². The van der Waals surface area contributed by atoms with Crippen molar-refractivity contribution >= 4 is 38.2 Å². The van der Waals surface area contributed by atoms with Gasteiger partial charge in [0.15, 0.2) is 5.78 Å². The Labute approximate surface area is 210 Å². The Morgan fingerprint density at radius 1 is 1.20 bits per heavy atom. The molecule has 1 aliphatic heterocycles. The van der Waals surface area contributed by atoms with Crippen LogP contribution in [0.15, 0.2) is 30.5 Å². The number of ether oxygens (including phenoxy) is 2. The first-order valence-corrected chi connectivity index (χ1v) is 13.0. The van der Waals surface area contributed by atoms with E-state index in [1.807, 2.05) is 33.0 Å². The Balaban J connectivity index is 1.91. The highest BCUT2D eigenvalue weighted by molar-refractivity contribution is 7.19. The zero-order valence-electron chi connectivity index (χ0n) is 21.5. The Kier molecular flexibility index (Phi) is 5.93. The van der Waals surface area contributed by atoms with Crippen LogP contribution in [0.5, 0.6) is 5.75 Å². The molecular formula is C29H32N2O3S. The Morgan fingerprint density at radius 2 is 1.97 bits per heavy atom. The molecule has 0 aliphatic carbocycles. The number of ketones is 1. The van der Waals surface area contributed by atoms with Crippen LogP contribution in [0.4, 0.5) is 0 Å². The normalized spacial score (nSPS) is 14.5. The molecule has 0 N–H and O–H groups in total. The van der Waals surface area contributed by atoms with Crippen LogP contribution in [-0.2, 0) is 16.0 Å². The Bertz CT molecular complexity index is 1450. The summed E-state index contributed by atoms with van der Waals surface area (Å²) < 4.78 is 13.5. The zero-order chi connectivity index (χ0) is 25.1. The van der Waals surface area contributed by atoms with Crippen LogP contribution in [0.25, 0.3) is 32.2 Å². The molecule has 5 rings (SSSR count). The number of pyridine rings is 1. The summed E-state index contributed by atoms with van der Waals surface area (Å²) in [6.07, 6.45) is 2.04. The number of carbonyl (C=O) groups is 1. The van der Waals surface area contributed by atoms with Crippen molar-refractivity contribution in [2.24, 2.45) is 0 Å². The van der Waals surface area contributed by atoms with Gasteiger partial charge in [-0.2, -0.15) is 0 Å². The second kappa shape index (κ2) is 8.68. The van der Waals surface area contributed by atoms with Crippen LogP contribution in [0.3, 0.4) is 0 Å². The summed E-state index contributed by atoms with van der Waals surface area (Å²) in [7, 11) is 0. The van der Waals surface area contributed by atoms with Crippen molar-refractivity contribution in [2.45, 2.75) is 72.5 Å². The van der Waals surface area contributed by atoms with E-state index in [9.17, 15) is 4.79 Å². The highest BCUT2D eigenvalue weighted by atomic mass is 32.1. The average Bonchev–Trinajstić information content (AvgIpc) is 3.21. The molecular weight excluding hydrogens is 456 g/mol. The molecule has 0 saturated heterocycles. The zero-order valence-corrected chi connectivity index (χ0v) is 22.3. The van der Waals surface area contributed by atoms with E-state index in [0.717, 1.165) is 60.6 Å². The highest BCUT2D eigenvalue weighted by Gasteiger charge is 2.31. The van der Waals surface area contributed by atoms with Gasteiger partial charge in [0.05, 0.1) is 32.9 Å². The molecule has 0 spiro atoms. The highest BCUT2D eigenvalue weighted by Crippen LogP contribution is 2.47. The van der Waals surface area contributed by atoms with Gasteiger partial charge in [0, 0.05) is 40.6 Å². The summed E-state index contributed by atoms with van der Waals surface area (Å²) in [5.41, 5.74) is 6.48. The third-order valence-corrected chi connectivity index (χ3v) is 7.77. The fourth-order valence-electron chi connectivity index (χ4n) is 4.88. The summed E-state index contributed by atoms with van der Waals surface area (Å²) in [6, 6.07) is 8.30. The number of rotatable bonds is 5. The SMILES string of the molecule is CC(=O)[C@@H](OC(C)(C)C)c1c(C)cc2nc(C(C)C)sc2c1-c1ccc2c3c(ccnc13)CCO2. The first-order valence-electron chi connectivity index (χ1n) is 12.2. The van der Waals surface area contributed by atoms with Crippen molar-refractivity contribution in [2.75, 3.05) is 6.61 Å². The molecule has 35 heavy (non-hydrogen) atoms. The minimum Gasteiger partial charge on any atom is -0.493 e. The standard InChI is InChI=1S/C29H32N2O3S/c1-15(2)28-31-20-14-16(3)22(26(17(4)32)34-29(5,6)7)24(27(20)35-28)19-8-9-21-23-18(11-13-33-21)10-12-30-25(19)23/h8-10,12,14-15,26H,11,13H2,1-7H3/t26-/m1/s1. The predicted octanol–water partition coefficient (Wildman–Crippen LogP) is 7.32. The monoisotopic (exact) mass is 488 g/mol. The van der Waals surface area contributed by atoms with Crippen molar-refractivity contribution in [3.63, 3.8) is 0 Å². The van der Waals surface area contributed by atoms with Crippen LogP contribution in [0.1, 0.15) is 75.3 Å². The van der Waals surface area contributed by atoms with E-state index >= 15 is 0 Å². The van der Waals surface area contributed by atoms with Crippen LogP contribution in [0.2, 0.25) is 0 Å². The third-order valence-electron chi connectivity index (χ3n) is 6.38. The predicted molar refractivity (Wildman–Crippen MR) is 143 cm³/mol. The van der Waals surface area contributed by atoms with Crippen LogP contribution < -0.4 is 4.74 Å². The van der Waals surface area contributed by atoms with Crippen molar-refractivity contribution in [1.82, 2.24) is 9.97 Å². The van der Waals surface area contributed by atoms with Crippen LogP contribution in [-0.4, -0.2) is 28.0 Å². The lowest BCUT2D eigenvalue weighted by Gasteiger charge is -2.29. The number of aryl methyl sites for hydroxylation is 1. The van der Waals surface area contributed by atoms with Gasteiger partial charge < -0.3 is 9.47 Å². The molecule has 0 unspecified atom stereocenters. The fourth-order valence-corrected chi connectivity index (χ4v) is 6.00. The fraction of sp³-hybridized carbons (Fsp3) is 0.414. The smallest absolute Gasteiger partial charge is 0.163 e. The van der Waals surface area contributed by atoms with Crippen molar-refractivity contribution in [3.8, 4) is 16.9 Å². The summed E-state index contributed by atoms with van der Waals surface area (Å²) in [5, 5.41) is 2.13. The first kappa shape index (κ1) is 23.9. The topological polar surface area (TPSA) is 61.3 Å². The molecule has 2 aromatic heterocycles. The maximum absolute atomic E-state index is 13.1. The number of hydrogen-bond acceptors (Lipinski definition) is 6. The lowest BCUT2D eigenvalue weighted by atomic mass is 9.88. The minimum absolute atomic E-state index is 0.0174. The number of fused-ring (bicyclic) bond motifs is 1. The maximum Gasteiger partial charge on any atom is 0.163 e. The molecule has 3 heterocycles. The van der Waals surface area contributed by atoms with E-state index in [0.29, 0.717) is 12.5 Å². The molecule has 1 atom stereocenters. The summed E-state index contributed by atoms with van der Waals surface area (Å²) in [5.74, 6) is 1.15. The van der Waals surface area contributed by atoms with Crippen molar-refractivity contribution in [1.29, 1.82) is 0 Å². The molecule has 0 saturated carbocycles. The number of hydrogen-bond donors (Lipinski definition) is 0. The lowest BCUT2D eigenvalue weighted by Crippen LogP contribution is -2.27. The summed E-state index contributed by atoms with van der Waals surface area (Å²) >= 11 is 1.70. The van der Waals surface area contributed by atoms with Gasteiger partial charge in [-0.25, -0.2) is 4.98 Å². The van der Waals surface area contributed by atoms with E-state index in [2.05, 4.69) is 39.0 Å². The molecule has 0 radical (unpaired) electrons. The molecule has 182 valence electrons. The number of Topliss-reactive ketones (excluding diaryl/α,β-unsaturated/α-hetero) is 1. The summed E-state index contributed by atoms with van der Waals surface area (Å²) in [4.78, 5) is 22.9. The van der Waals surface area contributed by atoms with Crippen molar-refractivity contribution < 1.29 is 14.3 Å². The number of nitrogens with zero attached hydrogens (tertiary/aromatic N) is 2.